The summed E-state index contributed by atoms with van der Waals surface area (Å²) in [5, 5.41) is 0. The molecule has 0 rings (SSSR count). The van der Waals surface area contributed by atoms with Crippen LogP contribution in [0.1, 0.15) is 27.7 Å². The molecule has 0 saturated carbocycles. The summed E-state index contributed by atoms with van der Waals surface area (Å²) in [7, 11) is 0. The predicted octanol–water partition coefficient (Wildman–Crippen LogP) is 3.13. The summed E-state index contributed by atoms with van der Waals surface area (Å²) in [5.74, 6) is 0. The van der Waals surface area contributed by atoms with Crippen molar-refractivity contribution in [1.82, 2.24) is 0 Å². The summed E-state index contributed by atoms with van der Waals surface area (Å²) in [5.41, 5.74) is 0. The van der Waals surface area contributed by atoms with Crippen LogP contribution in [0, 0.1) is 0 Å². The van der Waals surface area contributed by atoms with Crippen LogP contribution >= 0.6 is 0 Å². The van der Waals surface area contributed by atoms with Gasteiger partial charge in [0, 0.05) is 23.9 Å². The van der Waals surface area contributed by atoms with E-state index in [-0.39, 0.29) is 23.9 Å². The molecule has 0 aliphatic carbocycles. The summed E-state index contributed by atoms with van der Waals surface area (Å²) in [4.78, 5) is 0. The Morgan fingerprint density at radius 2 is 0.900 bits per heavy atom. The maximum Gasteiger partial charge on any atom is 0 e. The topological polar surface area (TPSA) is 0 Å². The molecule has 0 aliphatic heterocycles. The van der Waals surface area contributed by atoms with Crippen LogP contribution in [0.4, 0.5) is 0 Å². The third kappa shape index (κ3) is 3.85. The number of hydrogen-bond donors (Lipinski definition) is 0. The minimum atomic E-state index is -1.29. The molecule has 0 heterocycles. The van der Waals surface area contributed by atoms with Crippen molar-refractivity contribution in [3.63, 3.8) is 0 Å². The van der Waals surface area contributed by atoms with Gasteiger partial charge in [-0.15, -0.1) is 0 Å². The van der Waals surface area contributed by atoms with Crippen LogP contribution in [0.2, 0.25) is 17.5 Å². The van der Waals surface area contributed by atoms with E-state index in [0.29, 0.717) is 0 Å². The Balaban J connectivity index is 0. The van der Waals surface area contributed by atoms with E-state index in [1.165, 1.54) is 0 Å². The summed E-state index contributed by atoms with van der Waals surface area (Å²) in [6, 6.07) is 0. The fourth-order valence-electron chi connectivity index (χ4n) is 1.34. The summed E-state index contributed by atoms with van der Waals surface area (Å²) in [6.45, 7) is 9.56. The average molecular weight is 357 g/mol. The molecule has 61 valence electrons. The Kier molecular flexibility index (Phi) is 10.3. The molecular formula is C8H20SbSn. The van der Waals surface area contributed by atoms with Crippen LogP contribution < -0.4 is 0 Å². The molecule has 0 spiro atoms. The van der Waals surface area contributed by atoms with E-state index in [1.807, 2.05) is 0 Å². The van der Waals surface area contributed by atoms with Gasteiger partial charge in [-0.2, -0.15) is 0 Å². The van der Waals surface area contributed by atoms with Crippen molar-refractivity contribution in [2.24, 2.45) is 0 Å². The van der Waals surface area contributed by atoms with E-state index in [9.17, 15) is 0 Å². The van der Waals surface area contributed by atoms with Gasteiger partial charge in [0.2, 0.25) is 0 Å². The predicted molar refractivity (Wildman–Crippen MR) is 53.4 cm³/mol. The largest absolute Gasteiger partial charge is 0 e. The van der Waals surface area contributed by atoms with Gasteiger partial charge in [-0.05, 0) is 0 Å². The SMILES string of the molecule is C[CH2][Sb]([CH2]C)([CH2]C)[CH2]C.[Sn]. The second-order valence-electron chi connectivity index (χ2n) is 2.61. The number of rotatable bonds is 4. The fourth-order valence-corrected chi connectivity index (χ4v) is 9.00. The van der Waals surface area contributed by atoms with Crippen molar-refractivity contribution in [1.29, 1.82) is 0 Å². The first-order valence-electron chi connectivity index (χ1n) is 4.09. The van der Waals surface area contributed by atoms with Gasteiger partial charge in [0.05, 0.1) is 0 Å². The van der Waals surface area contributed by atoms with Crippen LogP contribution in [-0.2, 0) is 0 Å². The molecule has 0 bridgehead atoms. The Bertz CT molecular complexity index is 52.1. The van der Waals surface area contributed by atoms with E-state index >= 15 is 0 Å². The van der Waals surface area contributed by atoms with E-state index in [2.05, 4.69) is 27.7 Å². The molecule has 0 nitrogen and oxygen atoms in total. The second kappa shape index (κ2) is 7.28. The zero-order valence-electron chi connectivity index (χ0n) is 7.78. The molecule has 0 aromatic carbocycles. The molecule has 0 N–H and O–H groups in total. The smallest absolute Gasteiger partial charge is 0 e. The average Bonchev–Trinajstić information content (AvgIpc) is 1.95. The Morgan fingerprint density at radius 1 is 0.700 bits per heavy atom. The summed E-state index contributed by atoms with van der Waals surface area (Å²) >= 11 is -1.29. The van der Waals surface area contributed by atoms with Gasteiger partial charge in [0.15, 0.2) is 0 Å². The van der Waals surface area contributed by atoms with Gasteiger partial charge in [0.1, 0.15) is 0 Å². The molecule has 2 heteroatoms. The summed E-state index contributed by atoms with van der Waals surface area (Å²) < 4.78 is 6.18. The Morgan fingerprint density at radius 3 is 0.900 bits per heavy atom. The monoisotopic (exact) mass is 357 g/mol. The molecule has 5 radical (unpaired) electrons. The van der Waals surface area contributed by atoms with Crippen molar-refractivity contribution in [2.45, 2.75) is 45.2 Å². The molecule has 10 heavy (non-hydrogen) atoms. The van der Waals surface area contributed by atoms with Gasteiger partial charge >= 0.3 is 64.0 Å². The van der Waals surface area contributed by atoms with Crippen molar-refractivity contribution >= 4 is 42.7 Å². The molecular weight excluding hydrogens is 337 g/mol. The number of hydrogen-bond acceptors (Lipinski definition) is 0. The van der Waals surface area contributed by atoms with Gasteiger partial charge in [-0.1, -0.05) is 0 Å². The van der Waals surface area contributed by atoms with Gasteiger partial charge < -0.3 is 0 Å². The Hall–Kier alpha value is 1.62. The van der Waals surface area contributed by atoms with Gasteiger partial charge in [-0.25, -0.2) is 0 Å². The van der Waals surface area contributed by atoms with Crippen LogP contribution in [-0.4, -0.2) is 42.7 Å². The molecule has 0 saturated heterocycles. The third-order valence-electron chi connectivity index (χ3n) is 2.68. The molecule has 0 aromatic rings. The maximum atomic E-state index is 2.39. The van der Waals surface area contributed by atoms with E-state index in [4.69, 9.17) is 0 Å². The third-order valence-corrected chi connectivity index (χ3v) is 18.0. The molecule has 0 amide bonds. The van der Waals surface area contributed by atoms with Crippen molar-refractivity contribution < 1.29 is 0 Å². The van der Waals surface area contributed by atoms with E-state index in [0.717, 1.165) is 0 Å². The quantitative estimate of drug-likeness (QED) is 0.679. The zero-order valence-corrected chi connectivity index (χ0v) is 13.2. The molecule has 0 atom stereocenters. The zero-order chi connectivity index (χ0) is 7.33. The normalized spacial score (nSPS) is 10.8. The van der Waals surface area contributed by atoms with Crippen LogP contribution in [0.15, 0.2) is 0 Å². The van der Waals surface area contributed by atoms with Crippen molar-refractivity contribution in [3.05, 3.63) is 0 Å². The first-order valence-corrected chi connectivity index (χ1v) is 11.3. The fraction of sp³-hybridized carbons (Fsp3) is 1.00. The van der Waals surface area contributed by atoms with Crippen LogP contribution in [0.5, 0.6) is 0 Å². The second-order valence-corrected chi connectivity index (χ2v) is 17.5. The van der Waals surface area contributed by atoms with Crippen LogP contribution in [0.25, 0.3) is 0 Å². The van der Waals surface area contributed by atoms with Crippen LogP contribution in [0.3, 0.4) is 0 Å². The maximum absolute atomic E-state index is 2.39. The first-order chi connectivity index (χ1) is 4.24. The first kappa shape index (κ1) is 14.2. The van der Waals surface area contributed by atoms with E-state index in [1.54, 1.807) is 17.5 Å². The molecule has 0 aromatic heterocycles. The minimum absolute atomic E-state index is 0. The van der Waals surface area contributed by atoms with E-state index < -0.39 is 18.8 Å². The molecule has 0 aliphatic rings. The van der Waals surface area contributed by atoms with Gasteiger partial charge in [-0.3, -0.25) is 0 Å². The molecule has 0 unspecified atom stereocenters. The standard InChI is InChI=1S/4C2H5.Sb.Sn/c4*1-2;;/h4*1H2,2H3;;. The Labute approximate surface area is 87.1 Å². The minimum Gasteiger partial charge on any atom is 0 e. The summed E-state index contributed by atoms with van der Waals surface area (Å²) in [6.07, 6.45) is 0. The van der Waals surface area contributed by atoms with Gasteiger partial charge in [0.25, 0.3) is 0 Å². The van der Waals surface area contributed by atoms with Crippen molar-refractivity contribution in [3.8, 4) is 0 Å². The molecule has 0 fully saturated rings. The van der Waals surface area contributed by atoms with Crippen molar-refractivity contribution in [2.75, 3.05) is 0 Å².